The number of fused-ring (bicyclic) bond motifs is 1. The van der Waals surface area contributed by atoms with E-state index >= 15 is 0 Å². The molecular weight excluding hydrogens is 411 g/mol. The summed E-state index contributed by atoms with van der Waals surface area (Å²) in [4.78, 5) is 0. The van der Waals surface area contributed by atoms with Gasteiger partial charge in [0.15, 0.2) is 0 Å². The van der Waals surface area contributed by atoms with Gasteiger partial charge < -0.3 is 9.05 Å². The Labute approximate surface area is 173 Å². The summed E-state index contributed by atoms with van der Waals surface area (Å²) in [5, 5.41) is 0. The van der Waals surface area contributed by atoms with E-state index < -0.39 is 23.2 Å². The predicted molar refractivity (Wildman–Crippen MR) is 116 cm³/mol. The van der Waals surface area contributed by atoms with E-state index in [-0.39, 0.29) is 12.7 Å². The summed E-state index contributed by atoms with van der Waals surface area (Å²) in [5.41, 5.74) is 2.63. The Balaban J connectivity index is 2.17. The van der Waals surface area contributed by atoms with Crippen molar-refractivity contribution in [3.63, 3.8) is 0 Å². The van der Waals surface area contributed by atoms with E-state index in [9.17, 15) is 13.0 Å². The standard InChI is InChI=1S/C20H27N2O5PS/c1-20(15-28(23,26-4)27-5)14-22(29(24,25)21(2)3)19-12-11-17(13-18(19)20)16-9-7-6-8-10-16/h6-13H,14-15H2,1-5H3. The van der Waals surface area contributed by atoms with Gasteiger partial charge >= 0.3 is 17.8 Å². The number of hydrogen-bond donors (Lipinski definition) is 0. The lowest BCUT2D eigenvalue weighted by atomic mass is 9.85. The number of anilines is 1. The van der Waals surface area contributed by atoms with Crippen molar-refractivity contribution in [2.24, 2.45) is 0 Å². The lowest BCUT2D eigenvalue weighted by molar-refractivity contribution is 0.268. The molecule has 1 heterocycles. The normalized spacial score (nSPS) is 19.6. The highest BCUT2D eigenvalue weighted by atomic mass is 32.2. The van der Waals surface area contributed by atoms with Crippen molar-refractivity contribution in [1.82, 2.24) is 4.31 Å². The Kier molecular flexibility index (Phi) is 5.96. The van der Waals surface area contributed by atoms with Crippen LogP contribution >= 0.6 is 7.60 Å². The first-order valence-electron chi connectivity index (χ1n) is 9.17. The summed E-state index contributed by atoms with van der Waals surface area (Å²) >= 11 is 0. The second kappa shape index (κ2) is 7.85. The summed E-state index contributed by atoms with van der Waals surface area (Å²) in [5.74, 6) is 0. The van der Waals surface area contributed by atoms with Crippen LogP contribution < -0.4 is 4.31 Å². The van der Waals surface area contributed by atoms with Crippen molar-refractivity contribution >= 4 is 23.5 Å². The Morgan fingerprint density at radius 3 is 2.24 bits per heavy atom. The zero-order chi connectivity index (χ0) is 21.4. The highest BCUT2D eigenvalue weighted by molar-refractivity contribution is 7.90. The molecule has 2 aromatic carbocycles. The first-order chi connectivity index (χ1) is 13.6. The molecule has 0 spiro atoms. The third-order valence-electron chi connectivity index (χ3n) is 5.35. The van der Waals surface area contributed by atoms with Crippen LogP contribution in [0.1, 0.15) is 12.5 Å². The summed E-state index contributed by atoms with van der Waals surface area (Å²) in [6.07, 6.45) is 0.0672. The van der Waals surface area contributed by atoms with Gasteiger partial charge in [0.05, 0.1) is 11.8 Å². The molecule has 158 valence electrons. The van der Waals surface area contributed by atoms with E-state index in [2.05, 4.69) is 0 Å². The van der Waals surface area contributed by atoms with Crippen molar-refractivity contribution in [2.45, 2.75) is 12.3 Å². The number of hydrogen-bond acceptors (Lipinski definition) is 5. The number of benzene rings is 2. The van der Waals surface area contributed by atoms with Crippen molar-refractivity contribution in [3.05, 3.63) is 54.1 Å². The fraction of sp³-hybridized carbons (Fsp3) is 0.400. The second-order valence-electron chi connectivity index (χ2n) is 7.59. The molecule has 1 unspecified atom stereocenters. The van der Waals surface area contributed by atoms with Crippen LogP contribution in [0, 0.1) is 0 Å². The van der Waals surface area contributed by atoms with Gasteiger partial charge in [0.25, 0.3) is 0 Å². The maximum atomic E-state index is 13.0. The van der Waals surface area contributed by atoms with E-state index in [0.717, 1.165) is 16.7 Å². The molecule has 0 radical (unpaired) electrons. The smallest absolute Gasteiger partial charge is 0.312 e. The van der Waals surface area contributed by atoms with E-state index in [1.54, 1.807) is 0 Å². The fourth-order valence-corrected chi connectivity index (χ4v) is 6.49. The molecule has 0 saturated heterocycles. The monoisotopic (exact) mass is 438 g/mol. The lowest BCUT2D eigenvalue weighted by Crippen LogP contribution is -2.43. The van der Waals surface area contributed by atoms with Gasteiger partial charge in [-0.15, -0.1) is 0 Å². The van der Waals surface area contributed by atoms with Gasteiger partial charge in [-0.3, -0.25) is 8.87 Å². The minimum atomic E-state index is -3.71. The molecule has 1 aliphatic heterocycles. The molecule has 9 heteroatoms. The fourth-order valence-electron chi connectivity index (χ4n) is 3.70. The molecule has 0 amide bonds. The van der Waals surface area contributed by atoms with Crippen molar-refractivity contribution in [1.29, 1.82) is 0 Å². The molecule has 0 fully saturated rings. The Morgan fingerprint density at radius 2 is 1.69 bits per heavy atom. The predicted octanol–water partition coefficient (Wildman–Crippen LogP) is 3.72. The molecule has 0 N–H and O–H groups in total. The maximum Gasteiger partial charge on any atom is 0.331 e. The number of rotatable bonds is 7. The van der Waals surface area contributed by atoms with Gasteiger partial charge in [0.2, 0.25) is 0 Å². The molecule has 0 bridgehead atoms. The number of nitrogens with zero attached hydrogens (tertiary/aromatic N) is 2. The van der Waals surface area contributed by atoms with Crippen molar-refractivity contribution in [3.8, 4) is 11.1 Å². The Morgan fingerprint density at radius 1 is 1.07 bits per heavy atom. The molecule has 7 nitrogen and oxygen atoms in total. The van der Waals surface area contributed by atoms with Crippen LogP contribution in [-0.4, -0.2) is 53.7 Å². The Bertz CT molecular complexity index is 1030. The van der Waals surface area contributed by atoms with Crippen LogP contribution in [0.25, 0.3) is 11.1 Å². The van der Waals surface area contributed by atoms with E-state index in [0.29, 0.717) is 5.69 Å². The molecule has 2 aromatic rings. The first-order valence-corrected chi connectivity index (χ1v) is 12.3. The van der Waals surface area contributed by atoms with Crippen LogP contribution in [0.4, 0.5) is 5.69 Å². The quantitative estimate of drug-likeness (QED) is 0.616. The maximum absolute atomic E-state index is 13.0. The third kappa shape index (κ3) is 4.00. The van der Waals surface area contributed by atoms with E-state index in [1.165, 1.54) is 36.9 Å². The summed E-state index contributed by atoms with van der Waals surface area (Å²) in [6.45, 7) is 2.05. The molecule has 0 aromatic heterocycles. The molecule has 1 aliphatic rings. The molecule has 1 atom stereocenters. The van der Waals surface area contributed by atoms with Crippen LogP contribution in [0.3, 0.4) is 0 Å². The summed E-state index contributed by atoms with van der Waals surface area (Å²) in [6, 6.07) is 15.5. The SMILES string of the molecule is COP(=O)(CC1(C)CN(S(=O)(=O)N(C)C)c2ccc(-c3ccccc3)cc21)OC. The van der Waals surface area contributed by atoms with Crippen LogP contribution in [-0.2, 0) is 29.2 Å². The highest BCUT2D eigenvalue weighted by Gasteiger charge is 2.48. The first kappa shape index (κ1) is 22.0. The zero-order valence-electron chi connectivity index (χ0n) is 17.3. The van der Waals surface area contributed by atoms with Gasteiger partial charge in [-0.1, -0.05) is 43.3 Å². The average molecular weight is 438 g/mol. The molecule has 3 rings (SSSR count). The second-order valence-corrected chi connectivity index (χ2v) is 11.9. The average Bonchev–Trinajstić information content (AvgIpc) is 3.01. The Hall–Kier alpha value is -1.70. The molecule has 29 heavy (non-hydrogen) atoms. The largest absolute Gasteiger partial charge is 0.331 e. The topological polar surface area (TPSA) is 76.2 Å². The summed E-state index contributed by atoms with van der Waals surface area (Å²) in [7, 11) is -1.40. The minimum absolute atomic E-state index is 0.0672. The van der Waals surface area contributed by atoms with E-state index in [1.807, 2.05) is 55.5 Å². The van der Waals surface area contributed by atoms with Gasteiger partial charge in [-0.2, -0.15) is 12.7 Å². The third-order valence-corrected chi connectivity index (χ3v) is 9.36. The zero-order valence-corrected chi connectivity index (χ0v) is 19.0. The minimum Gasteiger partial charge on any atom is -0.312 e. The van der Waals surface area contributed by atoms with Gasteiger partial charge in [0.1, 0.15) is 0 Å². The van der Waals surface area contributed by atoms with Gasteiger partial charge in [-0.05, 0) is 28.8 Å². The van der Waals surface area contributed by atoms with Crippen molar-refractivity contribution < 1.29 is 22.0 Å². The van der Waals surface area contributed by atoms with Crippen LogP contribution in [0.15, 0.2) is 48.5 Å². The molecular formula is C20H27N2O5PS. The van der Waals surface area contributed by atoms with E-state index in [4.69, 9.17) is 9.05 Å². The summed E-state index contributed by atoms with van der Waals surface area (Å²) < 4.78 is 51.8. The van der Waals surface area contributed by atoms with Crippen LogP contribution in [0.2, 0.25) is 0 Å². The van der Waals surface area contributed by atoms with Gasteiger partial charge in [0, 0.05) is 40.3 Å². The lowest BCUT2D eigenvalue weighted by Gasteiger charge is -2.29. The molecule has 0 saturated carbocycles. The highest BCUT2D eigenvalue weighted by Crippen LogP contribution is 2.55. The van der Waals surface area contributed by atoms with Gasteiger partial charge in [-0.25, -0.2) is 0 Å². The van der Waals surface area contributed by atoms with Crippen molar-refractivity contribution in [2.75, 3.05) is 45.3 Å². The van der Waals surface area contributed by atoms with Crippen LogP contribution in [0.5, 0.6) is 0 Å². The molecule has 0 aliphatic carbocycles.